The summed E-state index contributed by atoms with van der Waals surface area (Å²) in [4.78, 5) is 6.51. The molecule has 5 heteroatoms. The lowest BCUT2D eigenvalue weighted by Gasteiger charge is -2.30. The fourth-order valence-electron chi connectivity index (χ4n) is 2.67. The summed E-state index contributed by atoms with van der Waals surface area (Å²) in [5.41, 5.74) is 2.85. The first-order valence-electron chi connectivity index (χ1n) is 6.45. The van der Waals surface area contributed by atoms with Crippen molar-refractivity contribution in [3.05, 3.63) is 35.2 Å². The minimum Gasteiger partial charge on any atom is -0.365 e. The van der Waals surface area contributed by atoms with Gasteiger partial charge in [-0.3, -0.25) is 0 Å². The van der Waals surface area contributed by atoms with Crippen LogP contribution in [0.4, 0.5) is 10.1 Å². The smallest absolute Gasteiger partial charge is 0.152 e. The van der Waals surface area contributed by atoms with Gasteiger partial charge in [0.2, 0.25) is 0 Å². The van der Waals surface area contributed by atoms with Gasteiger partial charge in [0.1, 0.15) is 11.6 Å². The summed E-state index contributed by atoms with van der Waals surface area (Å²) in [6, 6.07) is 3.16. The highest BCUT2D eigenvalue weighted by Crippen LogP contribution is 2.37. The SMILES string of the molecule is Cc1nc2n(n1)-c1cc(F)cc(C(C)C)c1N(C)C2. The van der Waals surface area contributed by atoms with Crippen LogP contribution in [0.15, 0.2) is 12.1 Å². The Bertz CT molecular complexity index is 645. The lowest BCUT2D eigenvalue weighted by Crippen LogP contribution is -2.28. The van der Waals surface area contributed by atoms with Gasteiger partial charge in [-0.2, -0.15) is 5.10 Å². The first-order valence-corrected chi connectivity index (χ1v) is 6.45. The van der Waals surface area contributed by atoms with Crippen molar-refractivity contribution in [2.75, 3.05) is 11.9 Å². The van der Waals surface area contributed by atoms with Gasteiger partial charge in [0.05, 0.1) is 17.9 Å². The van der Waals surface area contributed by atoms with E-state index in [9.17, 15) is 4.39 Å². The lowest BCUT2D eigenvalue weighted by atomic mass is 9.98. The molecule has 1 aliphatic rings. The maximum Gasteiger partial charge on any atom is 0.152 e. The van der Waals surface area contributed by atoms with E-state index in [1.165, 1.54) is 6.07 Å². The summed E-state index contributed by atoms with van der Waals surface area (Å²) >= 11 is 0. The molecular formula is C14H17FN4. The van der Waals surface area contributed by atoms with Crippen LogP contribution in [0.25, 0.3) is 5.69 Å². The minimum atomic E-state index is -0.225. The van der Waals surface area contributed by atoms with E-state index in [1.54, 1.807) is 10.7 Å². The van der Waals surface area contributed by atoms with Crippen LogP contribution < -0.4 is 4.90 Å². The van der Waals surface area contributed by atoms with Gasteiger partial charge in [-0.05, 0) is 24.5 Å². The predicted octanol–water partition coefficient (Wildman–Crippen LogP) is 2.79. The summed E-state index contributed by atoms with van der Waals surface area (Å²) in [6.07, 6.45) is 0. The monoisotopic (exact) mass is 260 g/mol. The zero-order valence-electron chi connectivity index (χ0n) is 11.6. The highest BCUT2D eigenvalue weighted by Gasteiger charge is 2.26. The van der Waals surface area contributed by atoms with Gasteiger partial charge in [-0.1, -0.05) is 13.8 Å². The molecule has 3 rings (SSSR count). The van der Waals surface area contributed by atoms with Crippen molar-refractivity contribution in [2.24, 2.45) is 0 Å². The molecule has 0 bridgehead atoms. The van der Waals surface area contributed by atoms with Gasteiger partial charge in [-0.15, -0.1) is 0 Å². The Morgan fingerprint density at radius 1 is 1.32 bits per heavy atom. The summed E-state index contributed by atoms with van der Waals surface area (Å²) in [5.74, 6) is 1.61. The third kappa shape index (κ3) is 1.80. The average Bonchev–Trinajstić information content (AvgIpc) is 2.68. The van der Waals surface area contributed by atoms with Gasteiger partial charge >= 0.3 is 0 Å². The Morgan fingerprint density at radius 3 is 2.74 bits per heavy atom. The quantitative estimate of drug-likeness (QED) is 0.790. The average molecular weight is 260 g/mol. The third-order valence-electron chi connectivity index (χ3n) is 3.47. The van der Waals surface area contributed by atoms with Gasteiger partial charge in [0.15, 0.2) is 5.82 Å². The predicted molar refractivity (Wildman–Crippen MR) is 72.3 cm³/mol. The number of nitrogens with zero attached hydrogens (tertiary/aromatic N) is 4. The van der Waals surface area contributed by atoms with Crippen LogP contribution in [0.1, 0.15) is 37.0 Å². The minimum absolute atomic E-state index is 0.225. The maximum absolute atomic E-state index is 13.9. The van der Waals surface area contributed by atoms with Crippen molar-refractivity contribution >= 4 is 5.69 Å². The fourth-order valence-corrected chi connectivity index (χ4v) is 2.67. The molecule has 0 atom stereocenters. The second kappa shape index (κ2) is 4.05. The molecule has 0 saturated heterocycles. The van der Waals surface area contributed by atoms with Crippen molar-refractivity contribution < 1.29 is 4.39 Å². The molecule has 0 N–H and O–H groups in total. The second-order valence-electron chi connectivity index (χ2n) is 5.36. The number of aryl methyl sites for hydroxylation is 1. The lowest BCUT2D eigenvalue weighted by molar-refractivity contribution is 0.614. The molecule has 1 aliphatic heterocycles. The van der Waals surface area contributed by atoms with Crippen LogP contribution in [0.2, 0.25) is 0 Å². The first kappa shape index (κ1) is 12.1. The molecule has 0 saturated carbocycles. The molecule has 1 aromatic carbocycles. The van der Waals surface area contributed by atoms with E-state index in [0.29, 0.717) is 12.4 Å². The van der Waals surface area contributed by atoms with Crippen molar-refractivity contribution in [2.45, 2.75) is 33.2 Å². The molecule has 1 aromatic heterocycles. The van der Waals surface area contributed by atoms with Crippen LogP contribution in [-0.2, 0) is 6.54 Å². The number of aromatic nitrogens is 3. The van der Waals surface area contributed by atoms with E-state index in [2.05, 4.69) is 28.8 Å². The molecular weight excluding hydrogens is 243 g/mol. The number of benzene rings is 1. The molecule has 0 aliphatic carbocycles. The van der Waals surface area contributed by atoms with Crippen LogP contribution in [-0.4, -0.2) is 21.8 Å². The zero-order chi connectivity index (χ0) is 13.7. The van der Waals surface area contributed by atoms with Gasteiger partial charge in [-0.25, -0.2) is 14.1 Å². The van der Waals surface area contributed by atoms with E-state index in [0.717, 1.165) is 22.8 Å². The summed E-state index contributed by atoms with van der Waals surface area (Å²) < 4.78 is 15.6. The van der Waals surface area contributed by atoms with E-state index in [4.69, 9.17) is 0 Å². The fraction of sp³-hybridized carbons (Fsp3) is 0.429. The number of halogens is 1. The Morgan fingerprint density at radius 2 is 2.05 bits per heavy atom. The van der Waals surface area contributed by atoms with E-state index < -0.39 is 0 Å². The summed E-state index contributed by atoms with van der Waals surface area (Å²) in [5, 5.41) is 4.38. The molecule has 4 nitrogen and oxygen atoms in total. The second-order valence-corrected chi connectivity index (χ2v) is 5.36. The number of hydrogen-bond donors (Lipinski definition) is 0. The largest absolute Gasteiger partial charge is 0.365 e. The molecule has 2 aromatic rings. The highest BCUT2D eigenvalue weighted by atomic mass is 19.1. The molecule has 19 heavy (non-hydrogen) atoms. The standard InChI is InChI=1S/C14H17FN4/c1-8(2)11-5-10(15)6-12-14(11)18(4)7-13-16-9(3)17-19(12)13/h5-6,8H,7H2,1-4H3. The van der Waals surface area contributed by atoms with Gasteiger partial charge < -0.3 is 4.90 Å². The van der Waals surface area contributed by atoms with Crippen LogP contribution in [0.5, 0.6) is 0 Å². The van der Waals surface area contributed by atoms with E-state index in [-0.39, 0.29) is 11.7 Å². The van der Waals surface area contributed by atoms with Crippen LogP contribution >= 0.6 is 0 Å². The molecule has 0 radical (unpaired) electrons. The normalized spacial score (nSPS) is 13.7. The van der Waals surface area contributed by atoms with E-state index in [1.807, 2.05) is 14.0 Å². The Balaban J connectivity index is 2.32. The van der Waals surface area contributed by atoms with Crippen LogP contribution in [0.3, 0.4) is 0 Å². The number of hydrogen-bond acceptors (Lipinski definition) is 3. The van der Waals surface area contributed by atoms with Crippen molar-refractivity contribution in [1.82, 2.24) is 14.8 Å². The van der Waals surface area contributed by atoms with Gasteiger partial charge in [0, 0.05) is 13.1 Å². The highest BCUT2D eigenvalue weighted by molar-refractivity contribution is 5.70. The molecule has 0 unspecified atom stereocenters. The molecule has 100 valence electrons. The van der Waals surface area contributed by atoms with Crippen LogP contribution in [0, 0.1) is 12.7 Å². The molecule has 2 heterocycles. The summed E-state index contributed by atoms with van der Waals surface area (Å²) in [6.45, 7) is 6.70. The topological polar surface area (TPSA) is 34.0 Å². The number of fused-ring (bicyclic) bond motifs is 3. The maximum atomic E-state index is 13.9. The first-order chi connectivity index (χ1) is 8.97. The number of rotatable bonds is 1. The summed E-state index contributed by atoms with van der Waals surface area (Å²) in [7, 11) is 2.01. The molecule has 0 fully saturated rings. The van der Waals surface area contributed by atoms with E-state index >= 15 is 0 Å². The Hall–Kier alpha value is -1.91. The molecule has 0 amide bonds. The van der Waals surface area contributed by atoms with Crippen molar-refractivity contribution in [3.8, 4) is 5.69 Å². The van der Waals surface area contributed by atoms with Crippen molar-refractivity contribution in [3.63, 3.8) is 0 Å². The van der Waals surface area contributed by atoms with Gasteiger partial charge in [0.25, 0.3) is 0 Å². The Labute approximate surface area is 111 Å². The number of anilines is 1. The zero-order valence-corrected chi connectivity index (χ0v) is 11.6. The Kier molecular flexibility index (Phi) is 2.59. The molecule has 0 spiro atoms. The van der Waals surface area contributed by atoms with Crippen molar-refractivity contribution in [1.29, 1.82) is 0 Å². The third-order valence-corrected chi connectivity index (χ3v) is 3.47.